The molecule has 0 aliphatic carbocycles. The molecule has 0 amide bonds. The molecule has 0 fully saturated rings. The van der Waals surface area contributed by atoms with Gasteiger partial charge in [-0.3, -0.25) is 0 Å². The van der Waals surface area contributed by atoms with Gasteiger partial charge >= 0.3 is 6.18 Å². The highest BCUT2D eigenvalue weighted by molar-refractivity contribution is 5.57. The second-order valence-electron chi connectivity index (χ2n) is 4.99. The molecule has 1 aromatic heterocycles. The molecule has 0 aliphatic heterocycles. The maximum absolute atomic E-state index is 12.5. The molecule has 7 heteroatoms. The Morgan fingerprint density at radius 2 is 1.04 bits per heavy atom. The zero-order valence-electron chi connectivity index (χ0n) is 12.0. The fourth-order valence-electron chi connectivity index (χ4n) is 1.97. The van der Waals surface area contributed by atoms with Gasteiger partial charge < -0.3 is 0 Å². The number of nitrogens with zero attached hydrogens (tertiary/aromatic N) is 4. The smallest absolute Gasteiger partial charge is 0.166 e. The second-order valence-corrected chi connectivity index (χ2v) is 4.99. The van der Waals surface area contributed by atoms with Gasteiger partial charge in [-0.25, -0.2) is 0 Å². The first-order chi connectivity index (χ1) is 10.9. The van der Waals surface area contributed by atoms with E-state index in [2.05, 4.69) is 20.4 Å². The molecule has 0 saturated carbocycles. The summed E-state index contributed by atoms with van der Waals surface area (Å²) in [5.74, 6) is 0.537. The first kappa shape index (κ1) is 15.1. The fourth-order valence-corrected chi connectivity index (χ4v) is 1.97. The van der Waals surface area contributed by atoms with Crippen LogP contribution in [0.2, 0.25) is 0 Å². The van der Waals surface area contributed by atoms with Gasteiger partial charge in [0.15, 0.2) is 0 Å². The van der Waals surface area contributed by atoms with Gasteiger partial charge in [-0.15, -0.1) is 20.4 Å². The van der Waals surface area contributed by atoms with E-state index in [9.17, 15) is 13.2 Å². The van der Waals surface area contributed by atoms with E-state index < -0.39 is 11.7 Å². The lowest BCUT2D eigenvalue weighted by Crippen LogP contribution is -2.04. The van der Waals surface area contributed by atoms with Crippen LogP contribution in [0.5, 0.6) is 0 Å². The van der Waals surface area contributed by atoms with Gasteiger partial charge in [-0.1, -0.05) is 42.0 Å². The van der Waals surface area contributed by atoms with E-state index in [1.807, 2.05) is 31.2 Å². The molecule has 0 spiro atoms. The van der Waals surface area contributed by atoms with Crippen molar-refractivity contribution in [2.75, 3.05) is 0 Å². The largest absolute Gasteiger partial charge is 0.416 e. The van der Waals surface area contributed by atoms with E-state index in [1.165, 1.54) is 12.1 Å². The summed E-state index contributed by atoms with van der Waals surface area (Å²) in [5, 5.41) is 15.8. The summed E-state index contributed by atoms with van der Waals surface area (Å²) in [5.41, 5.74) is 1.58. The van der Waals surface area contributed by atoms with Gasteiger partial charge in [0.05, 0.1) is 5.56 Å². The highest BCUT2D eigenvalue weighted by Crippen LogP contribution is 2.30. The lowest BCUT2D eigenvalue weighted by Gasteiger charge is -2.06. The number of aryl methyl sites for hydroxylation is 1. The van der Waals surface area contributed by atoms with E-state index in [0.29, 0.717) is 11.4 Å². The molecule has 0 aliphatic rings. The number of benzene rings is 2. The summed E-state index contributed by atoms with van der Waals surface area (Å²) < 4.78 is 37.6. The molecular weight excluding hydrogens is 305 g/mol. The molecule has 0 bridgehead atoms. The summed E-state index contributed by atoms with van der Waals surface area (Å²) in [6.45, 7) is 1.97. The maximum atomic E-state index is 12.5. The molecule has 0 N–H and O–H groups in total. The number of rotatable bonds is 2. The Hall–Kier alpha value is -2.83. The van der Waals surface area contributed by atoms with Crippen molar-refractivity contribution >= 4 is 0 Å². The zero-order chi connectivity index (χ0) is 16.4. The van der Waals surface area contributed by atoms with E-state index in [1.54, 1.807) is 0 Å². The summed E-state index contributed by atoms with van der Waals surface area (Å²) in [7, 11) is 0. The molecule has 0 atom stereocenters. The van der Waals surface area contributed by atoms with Crippen LogP contribution >= 0.6 is 0 Å². The summed E-state index contributed by atoms with van der Waals surface area (Å²) in [4.78, 5) is 0. The van der Waals surface area contributed by atoms with Gasteiger partial charge in [-0.2, -0.15) is 13.2 Å². The lowest BCUT2D eigenvalue weighted by molar-refractivity contribution is -0.137. The molecule has 3 aromatic rings. The zero-order valence-corrected chi connectivity index (χ0v) is 12.0. The summed E-state index contributed by atoms with van der Waals surface area (Å²) >= 11 is 0. The molecule has 4 nitrogen and oxygen atoms in total. The quantitative estimate of drug-likeness (QED) is 0.719. The van der Waals surface area contributed by atoms with Crippen LogP contribution in [-0.4, -0.2) is 20.4 Å². The number of aromatic nitrogens is 4. The lowest BCUT2D eigenvalue weighted by atomic mass is 10.1. The molecule has 0 saturated heterocycles. The number of alkyl halides is 3. The normalized spacial score (nSPS) is 11.5. The average molecular weight is 316 g/mol. The highest BCUT2D eigenvalue weighted by atomic mass is 19.4. The first-order valence-corrected chi connectivity index (χ1v) is 6.75. The van der Waals surface area contributed by atoms with Gasteiger partial charge in [0.1, 0.15) is 0 Å². The Labute approximate surface area is 130 Å². The van der Waals surface area contributed by atoms with Crippen LogP contribution < -0.4 is 0 Å². The topological polar surface area (TPSA) is 51.6 Å². The van der Waals surface area contributed by atoms with Crippen molar-refractivity contribution < 1.29 is 13.2 Å². The minimum absolute atomic E-state index is 0.176. The van der Waals surface area contributed by atoms with Crippen LogP contribution in [-0.2, 0) is 6.18 Å². The second kappa shape index (κ2) is 5.75. The average Bonchev–Trinajstić information content (AvgIpc) is 2.55. The third kappa shape index (κ3) is 3.33. The maximum Gasteiger partial charge on any atom is 0.416 e. The van der Waals surface area contributed by atoms with E-state index in [-0.39, 0.29) is 5.82 Å². The Balaban J connectivity index is 1.86. The van der Waals surface area contributed by atoms with Crippen molar-refractivity contribution in [2.24, 2.45) is 0 Å². The van der Waals surface area contributed by atoms with Crippen molar-refractivity contribution in [3.8, 4) is 22.8 Å². The number of hydrogen-bond acceptors (Lipinski definition) is 4. The van der Waals surface area contributed by atoms with Crippen LogP contribution in [0.1, 0.15) is 11.1 Å². The number of hydrogen-bond donors (Lipinski definition) is 0. The molecule has 0 radical (unpaired) electrons. The SMILES string of the molecule is Cc1ccc(-c2nnc(-c3ccc(C(F)(F)F)cc3)nn2)cc1. The summed E-state index contributed by atoms with van der Waals surface area (Å²) in [6.07, 6.45) is -4.37. The fraction of sp³-hybridized carbons (Fsp3) is 0.125. The predicted octanol–water partition coefficient (Wildman–Crippen LogP) is 3.93. The third-order valence-electron chi connectivity index (χ3n) is 3.26. The first-order valence-electron chi connectivity index (χ1n) is 6.75. The van der Waals surface area contributed by atoms with Gasteiger partial charge in [0.2, 0.25) is 11.6 Å². The minimum Gasteiger partial charge on any atom is -0.166 e. The van der Waals surface area contributed by atoms with Crippen molar-refractivity contribution in [3.05, 3.63) is 59.7 Å². The van der Waals surface area contributed by atoms with E-state index in [4.69, 9.17) is 0 Å². The van der Waals surface area contributed by atoms with Crippen molar-refractivity contribution in [2.45, 2.75) is 13.1 Å². The number of halogens is 3. The standard InChI is InChI=1S/C16H11F3N4/c1-10-2-4-11(5-3-10)14-20-22-15(23-21-14)12-6-8-13(9-7-12)16(17,18)19/h2-9H,1H3. The Morgan fingerprint density at radius 3 is 1.43 bits per heavy atom. The minimum atomic E-state index is -4.37. The van der Waals surface area contributed by atoms with Gasteiger partial charge in [0, 0.05) is 11.1 Å². The van der Waals surface area contributed by atoms with Crippen LogP contribution in [0.15, 0.2) is 48.5 Å². The predicted molar refractivity (Wildman–Crippen MR) is 78.2 cm³/mol. The van der Waals surface area contributed by atoms with Gasteiger partial charge in [0.25, 0.3) is 0 Å². The third-order valence-corrected chi connectivity index (χ3v) is 3.26. The van der Waals surface area contributed by atoms with Gasteiger partial charge in [-0.05, 0) is 19.1 Å². The molecule has 2 aromatic carbocycles. The van der Waals surface area contributed by atoms with Crippen LogP contribution in [0.25, 0.3) is 22.8 Å². The van der Waals surface area contributed by atoms with E-state index >= 15 is 0 Å². The van der Waals surface area contributed by atoms with Crippen molar-refractivity contribution in [3.63, 3.8) is 0 Å². The van der Waals surface area contributed by atoms with Crippen molar-refractivity contribution in [1.29, 1.82) is 0 Å². The molecular formula is C16H11F3N4. The van der Waals surface area contributed by atoms with Crippen LogP contribution in [0.3, 0.4) is 0 Å². The van der Waals surface area contributed by atoms with Crippen LogP contribution in [0, 0.1) is 6.92 Å². The monoisotopic (exact) mass is 316 g/mol. The molecule has 3 rings (SSSR count). The van der Waals surface area contributed by atoms with Crippen molar-refractivity contribution in [1.82, 2.24) is 20.4 Å². The Morgan fingerprint density at radius 1 is 0.652 bits per heavy atom. The molecule has 1 heterocycles. The Kier molecular flexibility index (Phi) is 3.77. The molecule has 23 heavy (non-hydrogen) atoms. The molecule has 0 unspecified atom stereocenters. The highest BCUT2D eigenvalue weighted by Gasteiger charge is 2.30. The molecule has 116 valence electrons. The van der Waals surface area contributed by atoms with Crippen LogP contribution in [0.4, 0.5) is 13.2 Å². The summed E-state index contributed by atoms with van der Waals surface area (Å²) in [6, 6.07) is 12.1. The Bertz CT molecular complexity index is 795. The van der Waals surface area contributed by atoms with E-state index in [0.717, 1.165) is 23.3 Å².